The average molecular weight is 318 g/mol. The summed E-state index contributed by atoms with van der Waals surface area (Å²) < 4.78 is 13.3. The molecule has 0 saturated heterocycles. The lowest BCUT2D eigenvalue weighted by atomic mass is 10.0. The second-order valence-corrected chi connectivity index (χ2v) is 5.96. The predicted octanol–water partition coefficient (Wildman–Crippen LogP) is 5.28. The van der Waals surface area contributed by atoms with Gasteiger partial charge in [-0.1, -0.05) is 36.2 Å². The van der Waals surface area contributed by atoms with E-state index in [0.29, 0.717) is 0 Å². The van der Waals surface area contributed by atoms with Crippen molar-refractivity contribution >= 4 is 34.5 Å². The lowest BCUT2D eigenvalue weighted by Gasteiger charge is -2.18. The number of hydrogen-bond acceptors (Lipinski definition) is 2. The summed E-state index contributed by atoms with van der Waals surface area (Å²) in [5, 5.41) is 6.22. The van der Waals surface area contributed by atoms with Crippen molar-refractivity contribution in [1.82, 2.24) is 5.32 Å². The Bertz CT molecular complexity index is 556. The monoisotopic (exact) mass is 317 g/mol. The molecule has 19 heavy (non-hydrogen) atoms. The van der Waals surface area contributed by atoms with Gasteiger partial charge < -0.3 is 5.32 Å². The fourth-order valence-electron chi connectivity index (χ4n) is 1.85. The zero-order chi connectivity index (χ0) is 13.8. The Morgan fingerprint density at radius 3 is 2.63 bits per heavy atom. The molecule has 0 aliphatic carbocycles. The number of rotatable bonds is 5. The maximum absolute atomic E-state index is 13.3. The lowest BCUT2D eigenvalue weighted by molar-refractivity contribution is 0.599. The third-order valence-electron chi connectivity index (χ3n) is 2.78. The van der Waals surface area contributed by atoms with Crippen LogP contribution >= 0.6 is 34.5 Å². The van der Waals surface area contributed by atoms with Gasteiger partial charge in [0.25, 0.3) is 0 Å². The van der Waals surface area contributed by atoms with E-state index in [-0.39, 0.29) is 11.1 Å². The van der Waals surface area contributed by atoms with Gasteiger partial charge in [0.1, 0.15) is 5.82 Å². The Morgan fingerprint density at radius 2 is 2.05 bits per heavy atom. The van der Waals surface area contributed by atoms with Crippen LogP contribution in [0.25, 0.3) is 0 Å². The molecule has 5 heteroatoms. The molecule has 2 aromatic rings. The minimum atomic E-state index is -0.406. The number of halogens is 3. The van der Waals surface area contributed by atoms with E-state index in [4.69, 9.17) is 23.2 Å². The smallest absolute Gasteiger partial charge is 0.141 e. The predicted molar refractivity (Wildman–Crippen MR) is 80.9 cm³/mol. The molecule has 1 aromatic carbocycles. The van der Waals surface area contributed by atoms with Crippen molar-refractivity contribution < 1.29 is 4.39 Å². The quantitative estimate of drug-likeness (QED) is 0.790. The molecular formula is C14H14Cl2FNS. The van der Waals surface area contributed by atoms with Gasteiger partial charge in [-0.3, -0.25) is 0 Å². The fraction of sp³-hybridized carbons (Fsp3) is 0.286. The van der Waals surface area contributed by atoms with Gasteiger partial charge in [-0.15, -0.1) is 11.3 Å². The Kier molecular flexibility index (Phi) is 5.22. The van der Waals surface area contributed by atoms with E-state index < -0.39 is 5.82 Å². The van der Waals surface area contributed by atoms with Gasteiger partial charge in [-0.25, -0.2) is 4.39 Å². The van der Waals surface area contributed by atoms with Gasteiger partial charge in [0.05, 0.1) is 16.1 Å². The number of thiophene rings is 1. The van der Waals surface area contributed by atoms with E-state index in [9.17, 15) is 4.39 Å². The maximum atomic E-state index is 13.3. The van der Waals surface area contributed by atoms with Gasteiger partial charge in [-0.05, 0) is 42.1 Å². The largest absolute Gasteiger partial charge is 0.306 e. The zero-order valence-electron chi connectivity index (χ0n) is 10.4. The normalized spacial score (nSPS) is 12.6. The van der Waals surface area contributed by atoms with Crippen LogP contribution in [0.5, 0.6) is 0 Å². The van der Waals surface area contributed by atoms with E-state index >= 15 is 0 Å². The Labute approximate surface area is 126 Å². The third-order valence-corrected chi connectivity index (χ3v) is 4.50. The van der Waals surface area contributed by atoms with Crippen molar-refractivity contribution in [1.29, 1.82) is 0 Å². The van der Waals surface area contributed by atoms with Crippen LogP contribution in [0.15, 0.2) is 29.6 Å². The molecule has 1 N–H and O–H groups in total. The number of nitrogens with one attached hydrogen (secondary N) is 1. The van der Waals surface area contributed by atoms with E-state index in [1.54, 1.807) is 23.5 Å². The molecule has 1 heterocycles. The van der Waals surface area contributed by atoms with Crippen LogP contribution in [-0.4, -0.2) is 6.54 Å². The molecule has 1 unspecified atom stereocenters. The Hall–Kier alpha value is -0.610. The second kappa shape index (κ2) is 6.71. The van der Waals surface area contributed by atoms with E-state index in [0.717, 1.165) is 28.4 Å². The highest BCUT2D eigenvalue weighted by molar-refractivity contribution is 7.10. The Balaban J connectivity index is 2.37. The van der Waals surface area contributed by atoms with Gasteiger partial charge in [0.15, 0.2) is 0 Å². The van der Waals surface area contributed by atoms with Crippen molar-refractivity contribution in [3.8, 4) is 0 Å². The summed E-state index contributed by atoms with van der Waals surface area (Å²) in [7, 11) is 0. The van der Waals surface area contributed by atoms with Gasteiger partial charge in [0, 0.05) is 4.88 Å². The Morgan fingerprint density at radius 1 is 1.26 bits per heavy atom. The molecule has 0 amide bonds. The minimum Gasteiger partial charge on any atom is -0.306 e. The molecule has 0 bridgehead atoms. The summed E-state index contributed by atoms with van der Waals surface area (Å²) in [6.45, 7) is 2.95. The average Bonchev–Trinajstić information content (AvgIpc) is 2.80. The summed E-state index contributed by atoms with van der Waals surface area (Å²) in [5.74, 6) is -0.406. The van der Waals surface area contributed by atoms with Crippen molar-refractivity contribution in [2.24, 2.45) is 0 Å². The molecular weight excluding hydrogens is 304 g/mol. The van der Waals surface area contributed by atoms with Gasteiger partial charge in [-0.2, -0.15) is 0 Å². The fourth-order valence-corrected chi connectivity index (χ4v) is 3.31. The molecule has 0 spiro atoms. The number of hydrogen-bond donors (Lipinski definition) is 1. The SMILES string of the molecule is CCCNC(c1ccc(F)c(Cl)c1)c1sccc1Cl. The third kappa shape index (κ3) is 3.48. The van der Waals surface area contributed by atoms with E-state index in [2.05, 4.69) is 12.2 Å². The molecule has 2 rings (SSSR count). The molecule has 102 valence electrons. The first-order valence-corrected chi connectivity index (χ1v) is 7.68. The van der Waals surface area contributed by atoms with Crippen LogP contribution in [0.4, 0.5) is 4.39 Å². The summed E-state index contributed by atoms with van der Waals surface area (Å²) >= 11 is 13.6. The summed E-state index contributed by atoms with van der Waals surface area (Å²) in [6.07, 6.45) is 1.01. The van der Waals surface area contributed by atoms with Gasteiger partial charge >= 0.3 is 0 Å². The molecule has 1 aromatic heterocycles. The first kappa shape index (κ1) is 14.8. The van der Waals surface area contributed by atoms with Crippen molar-refractivity contribution in [2.75, 3.05) is 6.54 Å². The molecule has 0 saturated carbocycles. The standard InChI is InChI=1S/C14H14Cl2FNS/c1-2-6-18-13(14-10(15)5-7-19-14)9-3-4-12(17)11(16)8-9/h3-5,7-8,13,18H,2,6H2,1H3. The molecule has 0 radical (unpaired) electrons. The maximum Gasteiger partial charge on any atom is 0.141 e. The highest BCUT2D eigenvalue weighted by Crippen LogP contribution is 2.34. The topological polar surface area (TPSA) is 12.0 Å². The summed E-state index contributed by atoms with van der Waals surface area (Å²) in [4.78, 5) is 1.03. The molecule has 1 nitrogen and oxygen atoms in total. The molecule has 0 aliphatic heterocycles. The summed E-state index contributed by atoms with van der Waals surface area (Å²) in [6, 6.07) is 6.60. The van der Waals surface area contributed by atoms with Crippen LogP contribution in [0.1, 0.15) is 29.8 Å². The number of benzene rings is 1. The summed E-state index contributed by atoms with van der Waals surface area (Å²) in [5.41, 5.74) is 0.921. The lowest BCUT2D eigenvalue weighted by Crippen LogP contribution is -2.22. The van der Waals surface area contributed by atoms with Crippen LogP contribution < -0.4 is 5.32 Å². The van der Waals surface area contributed by atoms with Crippen LogP contribution in [-0.2, 0) is 0 Å². The van der Waals surface area contributed by atoms with Crippen molar-refractivity contribution in [3.05, 3.63) is 55.9 Å². The first-order chi connectivity index (χ1) is 9.13. The molecule has 1 atom stereocenters. The van der Waals surface area contributed by atoms with Crippen LogP contribution in [0.2, 0.25) is 10.0 Å². The second-order valence-electron chi connectivity index (χ2n) is 4.19. The minimum absolute atomic E-state index is 0.0504. The highest BCUT2D eigenvalue weighted by atomic mass is 35.5. The molecule has 0 fully saturated rings. The van der Waals surface area contributed by atoms with E-state index in [1.807, 2.05) is 11.4 Å². The van der Waals surface area contributed by atoms with Crippen LogP contribution in [0.3, 0.4) is 0 Å². The highest BCUT2D eigenvalue weighted by Gasteiger charge is 2.18. The van der Waals surface area contributed by atoms with E-state index in [1.165, 1.54) is 6.07 Å². The zero-order valence-corrected chi connectivity index (χ0v) is 12.7. The van der Waals surface area contributed by atoms with Gasteiger partial charge in [0.2, 0.25) is 0 Å². The van der Waals surface area contributed by atoms with Crippen LogP contribution in [0, 0.1) is 5.82 Å². The van der Waals surface area contributed by atoms with Crippen molar-refractivity contribution in [3.63, 3.8) is 0 Å². The van der Waals surface area contributed by atoms with Crippen molar-refractivity contribution in [2.45, 2.75) is 19.4 Å². The molecule has 0 aliphatic rings. The first-order valence-electron chi connectivity index (χ1n) is 6.04.